The van der Waals surface area contributed by atoms with Crippen LogP contribution in [-0.2, 0) is 25.7 Å². The van der Waals surface area contributed by atoms with Gasteiger partial charge in [0.1, 0.15) is 6.61 Å². The second-order valence-corrected chi connectivity index (χ2v) is 6.88. The first-order valence-electron chi connectivity index (χ1n) is 8.71. The molecular formula is C20H24O5. The van der Waals surface area contributed by atoms with Crippen molar-refractivity contribution in [2.75, 3.05) is 7.11 Å². The average Bonchev–Trinajstić information content (AvgIpc) is 3.21. The average molecular weight is 344 g/mol. The maximum Gasteiger partial charge on any atom is 0.334 e. The highest BCUT2D eigenvalue weighted by molar-refractivity contribution is 5.90. The predicted molar refractivity (Wildman–Crippen MR) is 91.3 cm³/mol. The van der Waals surface area contributed by atoms with Crippen molar-refractivity contribution in [3.05, 3.63) is 47.0 Å². The summed E-state index contributed by atoms with van der Waals surface area (Å²) >= 11 is 0. The highest BCUT2D eigenvalue weighted by Gasteiger charge is 2.48. The third-order valence-electron chi connectivity index (χ3n) is 5.50. The fourth-order valence-corrected chi connectivity index (χ4v) is 4.21. The maximum atomic E-state index is 12.5. The number of fused-ring (bicyclic) bond motifs is 1. The molecule has 0 aliphatic heterocycles. The quantitative estimate of drug-likeness (QED) is 0.831. The van der Waals surface area contributed by atoms with E-state index in [0.717, 1.165) is 24.0 Å². The molecule has 0 radical (unpaired) electrons. The van der Waals surface area contributed by atoms with Crippen LogP contribution in [0, 0.1) is 17.8 Å². The Labute approximate surface area is 147 Å². The van der Waals surface area contributed by atoms with Crippen molar-refractivity contribution in [1.82, 2.24) is 0 Å². The Balaban J connectivity index is 1.71. The Morgan fingerprint density at radius 3 is 2.68 bits per heavy atom. The number of aliphatic hydroxyl groups is 1. The molecule has 2 aliphatic rings. The van der Waals surface area contributed by atoms with Crippen molar-refractivity contribution in [3.8, 4) is 0 Å². The molecule has 1 aromatic rings. The van der Waals surface area contributed by atoms with Crippen molar-refractivity contribution in [1.29, 1.82) is 0 Å². The van der Waals surface area contributed by atoms with Gasteiger partial charge in [0.15, 0.2) is 0 Å². The standard InChI is InChI=1S/C20H24O5/c1-12(19(22)24-2)14-8-9-15-16(10-17(21)18(14)15)20(23)25-11-13-6-4-3-5-7-13/h3-7,12,14,17-18,21H,8-11H2,1-2H3/t12-,14+,17?,18+/m1/s1. The zero-order valence-electron chi connectivity index (χ0n) is 14.6. The summed E-state index contributed by atoms with van der Waals surface area (Å²) in [6.45, 7) is 2.05. The largest absolute Gasteiger partial charge is 0.469 e. The minimum atomic E-state index is -0.631. The van der Waals surface area contributed by atoms with Crippen LogP contribution in [0.5, 0.6) is 0 Å². The van der Waals surface area contributed by atoms with Gasteiger partial charge in [-0.15, -0.1) is 0 Å². The summed E-state index contributed by atoms with van der Waals surface area (Å²) in [7, 11) is 1.38. The van der Waals surface area contributed by atoms with E-state index >= 15 is 0 Å². The molecule has 0 spiro atoms. The molecule has 1 saturated carbocycles. The molecule has 134 valence electrons. The van der Waals surface area contributed by atoms with Gasteiger partial charge in [0.2, 0.25) is 0 Å². The van der Waals surface area contributed by atoms with Gasteiger partial charge in [0.25, 0.3) is 0 Å². The second-order valence-electron chi connectivity index (χ2n) is 6.88. The van der Waals surface area contributed by atoms with Crippen LogP contribution in [0.15, 0.2) is 41.5 Å². The smallest absolute Gasteiger partial charge is 0.334 e. The van der Waals surface area contributed by atoms with Crippen LogP contribution in [-0.4, -0.2) is 30.3 Å². The summed E-state index contributed by atoms with van der Waals surface area (Å²) in [5.41, 5.74) is 2.49. The van der Waals surface area contributed by atoms with Gasteiger partial charge < -0.3 is 14.6 Å². The van der Waals surface area contributed by atoms with E-state index in [4.69, 9.17) is 9.47 Å². The zero-order chi connectivity index (χ0) is 18.0. The lowest BCUT2D eigenvalue weighted by Gasteiger charge is -2.25. The van der Waals surface area contributed by atoms with Crippen molar-refractivity contribution >= 4 is 11.9 Å². The number of esters is 2. The molecule has 4 atom stereocenters. The predicted octanol–water partition coefficient (Wildman–Crippen LogP) is 2.63. The lowest BCUT2D eigenvalue weighted by atomic mass is 9.82. The number of ether oxygens (including phenoxy) is 2. The number of carbonyl (C=O) groups is 2. The molecule has 2 aliphatic carbocycles. The van der Waals surface area contributed by atoms with Gasteiger partial charge in [0.05, 0.1) is 19.1 Å². The summed E-state index contributed by atoms with van der Waals surface area (Å²) < 4.78 is 10.3. The molecule has 1 N–H and O–H groups in total. The minimum absolute atomic E-state index is 0.0110. The van der Waals surface area contributed by atoms with Crippen molar-refractivity contribution in [2.24, 2.45) is 17.8 Å². The number of aliphatic hydroxyl groups excluding tert-OH is 1. The summed E-state index contributed by atoms with van der Waals surface area (Å²) in [5, 5.41) is 10.5. The normalized spacial score (nSPS) is 26.3. The molecule has 1 unspecified atom stereocenters. The lowest BCUT2D eigenvalue weighted by Crippen LogP contribution is -2.30. The molecule has 0 heterocycles. The molecule has 5 nitrogen and oxygen atoms in total. The van der Waals surface area contributed by atoms with E-state index in [1.165, 1.54) is 7.11 Å². The van der Waals surface area contributed by atoms with Gasteiger partial charge in [-0.25, -0.2) is 4.79 Å². The van der Waals surface area contributed by atoms with Crippen LogP contribution < -0.4 is 0 Å². The summed E-state index contributed by atoms with van der Waals surface area (Å²) in [6.07, 6.45) is 1.18. The zero-order valence-corrected chi connectivity index (χ0v) is 14.6. The minimum Gasteiger partial charge on any atom is -0.469 e. The lowest BCUT2D eigenvalue weighted by molar-refractivity contribution is -0.147. The number of methoxy groups -OCH3 is 1. The van der Waals surface area contributed by atoms with Gasteiger partial charge in [-0.2, -0.15) is 0 Å². The SMILES string of the molecule is COC(=O)[C@H](C)[C@@H]1CCC2=C(C(=O)OCc3ccccc3)CC(O)[C@H]21. The van der Waals surface area contributed by atoms with Gasteiger partial charge in [-0.05, 0) is 24.3 Å². The molecule has 0 amide bonds. The van der Waals surface area contributed by atoms with E-state index in [1.807, 2.05) is 37.3 Å². The topological polar surface area (TPSA) is 72.8 Å². The van der Waals surface area contributed by atoms with Crippen LogP contribution in [0.4, 0.5) is 0 Å². The highest BCUT2D eigenvalue weighted by atomic mass is 16.5. The van der Waals surface area contributed by atoms with Crippen LogP contribution in [0.2, 0.25) is 0 Å². The van der Waals surface area contributed by atoms with Gasteiger partial charge in [0, 0.05) is 17.9 Å². The van der Waals surface area contributed by atoms with Gasteiger partial charge >= 0.3 is 11.9 Å². The van der Waals surface area contributed by atoms with Gasteiger partial charge in [-0.1, -0.05) is 42.8 Å². The Morgan fingerprint density at radius 2 is 2.00 bits per heavy atom. The van der Waals surface area contributed by atoms with Crippen LogP contribution in [0.3, 0.4) is 0 Å². The monoisotopic (exact) mass is 344 g/mol. The molecule has 1 aromatic carbocycles. The second kappa shape index (κ2) is 7.40. The Bertz CT molecular complexity index is 679. The molecule has 0 aromatic heterocycles. The van der Waals surface area contributed by atoms with E-state index in [0.29, 0.717) is 12.0 Å². The molecule has 0 saturated heterocycles. The van der Waals surface area contributed by atoms with Crippen molar-refractivity contribution < 1.29 is 24.2 Å². The number of rotatable bonds is 5. The summed E-state index contributed by atoms with van der Waals surface area (Å²) in [6, 6.07) is 9.52. The molecule has 1 fully saturated rings. The molecular weight excluding hydrogens is 320 g/mol. The fourth-order valence-electron chi connectivity index (χ4n) is 4.21. The third kappa shape index (κ3) is 3.47. The number of hydrogen-bond acceptors (Lipinski definition) is 5. The fraction of sp³-hybridized carbons (Fsp3) is 0.500. The van der Waals surface area contributed by atoms with E-state index in [-0.39, 0.29) is 36.3 Å². The molecule has 25 heavy (non-hydrogen) atoms. The first-order chi connectivity index (χ1) is 12.0. The van der Waals surface area contributed by atoms with Crippen molar-refractivity contribution in [3.63, 3.8) is 0 Å². The van der Waals surface area contributed by atoms with Crippen LogP contribution >= 0.6 is 0 Å². The first kappa shape index (κ1) is 17.7. The van der Waals surface area contributed by atoms with Gasteiger partial charge in [-0.3, -0.25) is 4.79 Å². The van der Waals surface area contributed by atoms with Crippen molar-refractivity contribution in [2.45, 2.75) is 38.9 Å². The number of carbonyl (C=O) groups excluding carboxylic acids is 2. The van der Waals surface area contributed by atoms with Crippen LogP contribution in [0.1, 0.15) is 31.7 Å². The molecule has 5 heteroatoms. The number of benzene rings is 1. The number of hydrogen-bond donors (Lipinski definition) is 1. The Morgan fingerprint density at radius 1 is 1.28 bits per heavy atom. The summed E-state index contributed by atoms with van der Waals surface area (Å²) in [4.78, 5) is 24.3. The van der Waals surface area contributed by atoms with E-state index in [2.05, 4.69) is 0 Å². The molecule has 0 bridgehead atoms. The molecule has 3 rings (SSSR count). The van der Waals surface area contributed by atoms with Crippen LogP contribution in [0.25, 0.3) is 0 Å². The first-order valence-corrected chi connectivity index (χ1v) is 8.71. The maximum absolute atomic E-state index is 12.5. The highest BCUT2D eigenvalue weighted by Crippen LogP contribution is 2.50. The Kier molecular flexibility index (Phi) is 5.23. The van der Waals surface area contributed by atoms with E-state index in [9.17, 15) is 14.7 Å². The third-order valence-corrected chi connectivity index (χ3v) is 5.50. The van der Waals surface area contributed by atoms with E-state index < -0.39 is 6.10 Å². The Hall–Kier alpha value is -2.14. The summed E-state index contributed by atoms with van der Waals surface area (Å²) in [5.74, 6) is -1.04. The van der Waals surface area contributed by atoms with E-state index in [1.54, 1.807) is 0 Å².